The predicted octanol–water partition coefficient (Wildman–Crippen LogP) is 4.26. The van der Waals surface area contributed by atoms with Gasteiger partial charge >= 0.3 is 0 Å². The summed E-state index contributed by atoms with van der Waals surface area (Å²) in [5, 5.41) is 0. The van der Waals surface area contributed by atoms with E-state index in [1.54, 1.807) is 13.3 Å². The Hall–Kier alpha value is -1.83. The van der Waals surface area contributed by atoms with Crippen LogP contribution >= 0.6 is 0 Å². The quantitative estimate of drug-likeness (QED) is 0.722. The summed E-state index contributed by atoms with van der Waals surface area (Å²) in [6.07, 6.45) is 5.59. The van der Waals surface area contributed by atoms with Crippen molar-refractivity contribution in [2.24, 2.45) is 0 Å². The number of rotatable bonds is 4. The summed E-state index contributed by atoms with van der Waals surface area (Å²) in [5.74, 6) is 0.607. The van der Waals surface area contributed by atoms with Crippen molar-refractivity contribution in [2.45, 2.75) is 20.8 Å². The zero-order valence-electron chi connectivity index (χ0n) is 11.2. The van der Waals surface area contributed by atoms with Crippen molar-refractivity contribution in [1.29, 1.82) is 0 Å². The highest BCUT2D eigenvalue weighted by atomic mass is 16.5. The Balaban J connectivity index is 0.00000121. The predicted molar refractivity (Wildman–Crippen MR) is 75.1 cm³/mol. The van der Waals surface area contributed by atoms with Gasteiger partial charge in [0, 0.05) is 12.3 Å². The molecule has 0 aliphatic heterocycles. The summed E-state index contributed by atoms with van der Waals surface area (Å²) in [6.45, 7) is 13.7. The van der Waals surface area contributed by atoms with Crippen LogP contribution in [-0.2, 0) is 0 Å². The first-order valence-corrected chi connectivity index (χ1v) is 5.66. The number of ether oxygens (including phenoxy) is 1. The van der Waals surface area contributed by atoms with Crippen LogP contribution in [0.2, 0.25) is 0 Å². The molecule has 17 heavy (non-hydrogen) atoms. The minimum atomic E-state index is 0.607. The molecule has 1 aromatic rings. The van der Waals surface area contributed by atoms with Gasteiger partial charge in [-0.15, -0.1) is 0 Å². The number of hydrogen-bond donors (Lipinski definition) is 0. The van der Waals surface area contributed by atoms with E-state index in [1.807, 2.05) is 45.1 Å². The van der Waals surface area contributed by atoms with Crippen LogP contribution in [0.25, 0.3) is 5.57 Å². The third kappa shape index (κ3) is 5.71. The van der Waals surface area contributed by atoms with E-state index >= 15 is 0 Å². The highest BCUT2D eigenvalue weighted by Crippen LogP contribution is 2.15. The molecule has 0 atom stereocenters. The molecule has 0 N–H and O–H groups in total. The SMILES string of the molecule is C=C(C)/C=C\C(=C)c1ccc(OC)nc1.CC. The lowest BCUT2D eigenvalue weighted by Crippen LogP contribution is -1.88. The first-order valence-electron chi connectivity index (χ1n) is 5.66. The third-order valence-corrected chi connectivity index (χ3v) is 1.89. The molecule has 0 radical (unpaired) electrons. The average Bonchev–Trinajstić information content (AvgIpc) is 2.38. The second-order valence-corrected chi connectivity index (χ2v) is 3.29. The van der Waals surface area contributed by atoms with Crippen molar-refractivity contribution in [3.05, 3.63) is 54.8 Å². The van der Waals surface area contributed by atoms with Gasteiger partial charge in [0.2, 0.25) is 5.88 Å². The maximum absolute atomic E-state index is 4.97. The van der Waals surface area contributed by atoms with Gasteiger partial charge in [-0.25, -0.2) is 4.98 Å². The summed E-state index contributed by atoms with van der Waals surface area (Å²) in [7, 11) is 1.60. The zero-order valence-corrected chi connectivity index (χ0v) is 11.2. The van der Waals surface area contributed by atoms with Crippen molar-refractivity contribution >= 4 is 5.57 Å². The number of pyridine rings is 1. The van der Waals surface area contributed by atoms with Crippen LogP contribution in [0.1, 0.15) is 26.3 Å². The number of nitrogens with zero attached hydrogens (tertiary/aromatic N) is 1. The lowest BCUT2D eigenvalue weighted by Gasteiger charge is -2.01. The first kappa shape index (κ1) is 15.2. The fourth-order valence-corrected chi connectivity index (χ4v) is 1.03. The Bertz CT molecular complexity index is 388. The molecule has 0 unspecified atom stereocenters. The summed E-state index contributed by atoms with van der Waals surface area (Å²) < 4.78 is 4.97. The molecule has 0 aromatic carbocycles. The fourth-order valence-electron chi connectivity index (χ4n) is 1.03. The van der Waals surface area contributed by atoms with Gasteiger partial charge < -0.3 is 4.74 Å². The van der Waals surface area contributed by atoms with E-state index in [1.165, 1.54) is 0 Å². The number of methoxy groups -OCH3 is 1. The van der Waals surface area contributed by atoms with Crippen molar-refractivity contribution < 1.29 is 4.74 Å². The van der Waals surface area contributed by atoms with E-state index in [2.05, 4.69) is 18.1 Å². The van der Waals surface area contributed by atoms with Crippen LogP contribution in [-0.4, -0.2) is 12.1 Å². The molecule has 2 heteroatoms. The van der Waals surface area contributed by atoms with Gasteiger partial charge in [-0.05, 0) is 24.1 Å². The van der Waals surface area contributed by atoms with Crippen molar-refractivity contribution in [3.63, 3.8) is 0 Å². The molecule has 2 nitrogen and oxygen atoms in total. The van der Waals surface area contributed by atoms with Crippen LogP contribution < -0.4 is 4.74 Å². The van der Waals surface area contributed by atoms with Crippen LogP contribution in [0, 0.1) is 0 Å². The standard InChI is InChI=1S/C13H15NO.C2H6/c1-10(2)5-6-11(3)12-7-8-13(15-4)14-9-12;1-2/h5-9H,1,3H2,2,4H3;1-2H3/b6-5-;. The smallest absolute Gasteiger partial charge is 0.212 e. The number of hydrogen-bond acceptors (Lipinski definition) is 2. The molecule has 0 saturated heterocycles. The molecule has 0 saturated carbocycles. The molecule has 0 aliphatic carbocycles. The first-order chi connectivity index (χ1) is 8.13. The second-order valence-electron chi connectivity index (χ2n) is 3.29. The highest BCUT2D eigenvalue weighted by Gasteiger charge is 1.96. The minimum Gasteiger partial charge on any atom is -0.481 e. The molecule has 1 heterocycles. The molecule has 0 aliphatic rings. The van der Waals surface area contributed by atoms with Gasteiger partial charge in [0.25, 0.3) is 0 Å². The molecule has 0 bridgehead atoms. The third-order valence-electron chi connectivity index (χ3n) is 1.89. The molecule has 92 valence electrons. The van der Waals surface area contributed by atoms with Crippen molar-refractivity contribution in [3.8, 4) is 5.88 Å². The topological polar surface area (TPSA) is 22.1 Å². The van der Waals surface area contributed by atoms with Crippen LogP contribution in [0.15, 0.2) is 49.2 Å². The van der Waals surface area contributed by atoms with E-state index in [0.717, 1.165) is 16.7 Å². The summed E-state index contributed by atoms with van der Waals surface area (Å²) in [6, 6.07) is 3.74. The molecule has 1 aromatic heterocycles. The second kappa shape index (κ2) is 8.34. The molecular formula is C15H21NO. The Morgan fingerprint density at radius 1 is 1.24 bits per heavy atom. The fraction of sp³-hybridized carbons (Fsp3) is 0.267. The lowest BCUT2D eigenvalue weighted by molar-refractivity contribution is 0.398. The highest BCUT2D eigenvalue weighted by molar-refractivity contribution is 5.72. The summed E-state index contributed by atoms with van der Waals surface area (Å²) >= 11 is 0. The Morgan fingerprint density at radius 3 is 2.29 bits per heavy atom. The maximum Gasteiger partial charge on any atom is 0.212 e. The minimum absolute atomic E-state index is 0.607. The van der Waals surface area contributed by atoms with E-state index < -0.39 is 0 Å². The van der Waals surface area contributed by atoms with Gasteiger partial charge in [0.05, 0.1) is 7.11 Å². The Morgan fingerprint density at radius 2 is 1.88 bits per heavy atom. The zero-order chi connectivity index (χ0) is 13.3. The molecule has 0 spiro atoms. The molecule has 0 amide bonds. The van der Waals surface area contributed by atoms with Gasteiger partial charge in [0.1, 0.15) is 0 Å². The average molecular weight is 231 g/mol. The Labute approximate surface area is 104 Å². The largest absolute Gasteiger partial charge is 0.481 e. The maximum atomic E-state index is 4.97. The van der Waals surface area contributed by atoms with Gasteiger partial charge in [-0.1, -0.05) is 44.7 Å². The normalized spacial score (nSPS) is 9.41. The van der Waals surface area contributed by atoms with E-state index in [0.29, 0.717) is 5.88 Å². The molecular weight excluding hydrogens is 210 g/mol. The van der Waals surface area contributed by atoms with Crippen LogP contribution in [0.4, 0.5) is 0 Å². The van der Waals surface area contributed by atoms with Crippen molar-refractivity contribution in [1.82, 2.24) is 4.98 Å². The van der Waals surface area contributed by atoms with Crippen molar-refractivity contribution in [2.75, 3.05) is 7.11 Å². The summed E-state index contributed by atoms with van der Waals surface area (Å²) in [5.41, 5.74) is 2.89. The van der Waals surface area contributed by atoms with E-state index in [-0.39, 0.29) is 0 Å². The van der Waals surface area contributed by atoms with E-state index in [4.69, 9.17) is 4.74 Å². The lowest BCUT2D eigenvalue weighted by atomic mass is 10.1. The van der Waals surface area contributed by atoms with Gasteiger partial charge in [-0.3, -0.25) is 0 Å². The van der Waals surface area contributed by atoms with Crippen LogP contribution in [0.5, 0.6) is 5.88 Å². The van der Waals surface area contributed by atoms with Gasteiger partial charge in [-0.2, -0.15) is 0 Å². The Kier molecular flexibility index (Phi) is 7.44. The molecule has 1 rings (SSSR count). The molecule has 0 fully saturated rings. The monoisotopic (exact) mass is 231 g/mol. The van der Waals surface area contributed by atoms with Gasteiger partial charge in [0.15, 0.2) is 0 Å². The number of allylic oxidation sites excluding steroid dienone is 4. The van der Waals surface area contributed by atoms with Crippen LogP contribution in [0.3, 0.4) is 0 Å². The van der Waals surface area contributed by atoms with E-state index in [9.17, 15) is 0 Å². The summed E-state index contributed by atoms with van der Waals surface area (Å²) in [4.78, 5) is 4.11. The number of aromatic nitrogens is 1.